The molecule has 3 saturated carbocycles. The molecule has 0 aliphatic heterocycles. The summed E-state index contributed by atoms with van der Waals surface area (Å²) in [5, 5.41) is 9.77. The van der Waals surface area contributed by atoms with Crippen LogP contribution in [-0.4, -0.2) is 23.8 Å². The minimum absolute atomic E-state index is 0.245. The van der Waals surface area contributed by atoms with E-state index in [1.165, 1.54) is 89.4 Å². The average molecular weight is 441 g/mol. The Morgan fingerprint density at radius 1 is 1.22 bits per heavy atom. The second-order valence-electron chi connectivity index (χ2n) is 10.5. The van der Waals surface area contributed by atoms with E-state index in [-0.39, 0.29) is 5.97 Å². The monoisotopic (exact) mass is 440 g/mol. The van der Waals surface area contributed by atoms with Crippen molar-refractivity contribution in [1.82, 2.24) is 0 Å². The lowest BCUT2D eigenvalue weighted by molar-refractivity contribution is -0.137. The van der Waals surface area contributed by atoms with Gasteiger partial charge in [-0.1, -0.05) is 42.7 Å². The summed E-state index contributed by atoms with van der Waals surface area (Å²) in [7, 11) is 1.35. The zero-order valence-electron chi connectivity index (χ0n) is 21.1. The molecule has 0 heterocycles. The van der Waals surface area contributed by atoms with Crippen molar-refractivity contribution in [2.45, 2.75) is 104 Å². The fourth-order valence-electron chi connectivity index (χ4n) is 5.75. The van der Waals surface area contributed by atoms with E-state index in [1.54, 1.807) is 19.4 Å². The third-order valence-corrected chi connectivity index (χ3v) is 7.59. The van der Waals surface area contributed by atoms with Gasteiger partial charge in [0, 0.05) is 13.3 Å². The molecule has 1 N–H and O–H groups in total. The van der Waals surface area contributed by atoms with Crippen LogP contribution in [0.15, 0.2) is 35.5 Å². The number of carbonyl (C=O) groups is 1. The lowest BCUT2D eigenvalue weighted by atomic mass is 9.62. The number of allylic oxidation sites excluding steroid dienone is 5. The molecule has 0 saturated heterocycles. The quantitative estimate of drug-likeness (QED) is 0.383. The summed E-state index contributed by atoms with van der Waals surface area (Å²) in [4.78, 5) is 9.59. The molecule has 3 unspecified atom stereocenters. The van der Waals surface area contributed by atoms with Gasteiger partial charge in [0.25, 0.3) is 0 Å². The van der Waals surface area contributed by atoms with Crippen LogP contribution in [0.25, 0.3) is 0 Å². The van der Waals surface area contributed by atoms with Crippen molar-refractivity contribution in [3.8, 4) is 11.8 Å². The van der Waals surface area contributed by atoms with Gasteiger partial charge in [0.2, 0.25) is 0 Å². The number of rotatable bonds is 3. The van der Waals surface area contributed by atoms with Gasteiger partial charge in [0.05, 0.1) is 7.11 Å². The summed E-state index contributed by atoms with van der Waals surface area (Å²) in [5.74, 6) is 7.48. The van der Waals surface area contributed by atoms with Crippen molar-refractivity contribution in [3.63, 3.8) is 0 Å². The molecule has 0 radical (unpaired) electrons. The van der Waals surface area contributed by atoms with E-state index < -0.39 is 5.60 Å². The summed E-state index contributed by atoms with van der Waals surface area (Å²) in [6, 6.07) is 0. The third kappa shape index (κ3) is 7.66. The van der Waals surface area contributed by atoms with Gasteiger partial charge in [-0.3, -0.25) is 4.79 Å². The smallest absolute Gasteiger partial charge is 0.302 e. The lowest BCUT2D eigenvalue weighted by Gasteiger charge is -2.42. The van der Waals surface area contributed by atoms with Crippen molar-refractivity contribution >= 4 is 5.97 Å². The number of ether oxygens (including phenoxy) is 1. The van der Waals surface area contributed by atoms with Gasteiger partial charge < -0.3 is 9.84 Å². The largest absolute Gasteiger partial charge is 0.469 e. The first-order valence-electron chi connectivity index (χ1n) is 12.4. The molecule has 3 fully saturated rings. The minimum Gasteiger partial charge on any atom is -0.469 e. The molecule has 3 rings (SSSR count). The number of fused-ring (bicyclic) bond motifs is 1. The molecule has 0 spiro atoms. The summed E-state index contributed by atoms with van der Waals surface area (Å²) in [5.41, 5.74) is 4.14. The molecule has 0 aromatic carbocycles. The summed E-state index contributed by atoms with van der Waals surface area (Å²) in [6.45, 7) is 11.7. The minimum atomic E-state index is -0.862. The standard InChI is InChI=1S/C26H38O.C3H6O2/c1-20-10-5-6-11-21(20)14-15-22-12-9-19-26(4)23(16-17-24(22)26)13-7-8-18-25(2,3)27;1-3(4)5-2/h14-15,23-24,27H,1,5-7,9-13,16-17,19H2,2-4H3;1-2H3/b21-14-,22-15+;. The van der Waals surface area contributed by atoms with Gasteiger partial charge in [-0.05, 0) is 101 Å². The lowest BCUT2D eigenvalue weighted by Crippen LogP contribution is -2.33. The third-order valence-electron chi connectivity index (χ3n) is 7.59. The molecule has 3 atom stereocenters. The topological polar surface area (TPSA) is 46.5 Å². The second-order valence-corrected chi connectivity index (χ2v) is 10.5. The highest BCUT2D eigenvalue weighted by molar-refractivity contribution is 5.65. The van der Waals surface area contributed by atoms with Gasteiger partial charge in [0.1, 0.15) is 5.60 Å². The molecular weight excluding hydrogens is 396 g/mol. The highest BCUT2D eigenvalue weighted by atomic mass is 16.5. The molecule has 3 aliphatic rings. The van der Waals surface area contributed by atoms with E-state index >= 15 is 0 Å². The highest BCUT2D eigenvalue weighted by Gasteiger charge is 2.48. The van der Waals surface area contributed by atoms with Gasteiger partial charge in [-0.15, -0.1) is 5.92 Å². The van der Waals surface area contributed by atoms with Crippen molar-refractivity contribution in [3.05, 3.63) is 35.5 Å². The van der Waals surface area contributed by atoms with E-state index in [2.05, 4.69) is 42.2 Å². The summed E-state index contributed by atoms with van der Waals surface area (Å²) < 4.78 is 4.11. The van der Waals surface area contributed by atoms with E-state index in [4.69, 9.17) is 0 Å². The van der Waals surface area contributed by atoms with Crippen LogP contribution >= 0.6 is 0 Å². The van der Waals surface area contributed by atoms with Crippen molar-refractivity contribution in [2.75, 3.05) is 7.11 Å². The molecular formula is C29H44O3. The Morgan fingerprint density at radius 3 is 2.53 bits per heavy atom. The maximum atomic E-state index is 9.77. The van der Waals surface area contributed by atoms with Crippen molar-refractivity contribution in [1.29, 1.82) is 0 Å². The molecule has 32 heavy (non-hydrogen) atoms. The number of methoxy groups -OCH3 is 1. The molecule has 3 nitrogen and oxygen atoms in total. The average Bonchev–Trinajstić information content (AvgIpc) is 3.07. The number of aliphatic hydroxyl groups is 1. The van der Waals surface area contributed by atoms with Gasteiger partial charge >= 0.3 is 5.97 Å². The van der Waals surface area contributed by atoms with Crippen LogP contribution in [0.5, 0.6) is 0 Å². The van der Waals surface area contributed by atoms with Gasteiger partial charge in [0.15, 0.2) is 0 Å². The molecule has 178 valence electrons. The van der Waals surface area contributed by atoms with Crippen LogP contribution in [0.3, 0.4) is 0 Å². The van der Waals surface area contributed by atoms with Crippen LogP contribution in [0.2, 0.25) is 0 Å². The van der Waals surface area contributed by atoms with Gasteiger partial charge in [-0.25, -0.2) is 0 Å². The number of hydrogen-bond acceptors (Lipinski definition) is 3. The van der Waals surface area contributed by atoms with E-state index in [0.717, 1.165) is 18.3 Å². The van der Waals surface area contributed by atoms with Gasteiger partial charge in [-0.2, -0.15) is 0 Å². The van der Waals surface area contributed by atoms with Crippen molar-refractivity contribution in [2.24, 2.45) is 17.3 Å². The van der Waals surface area contributed by atoms with Crippen LogP contribution < -0.4 is 0 Å². The van der Waals surface area contributed by atoms with E-state index in [9.17, 15) is 9.90 Å². The maximum Gasteiger partial charge on any atom is 0.302 e. The normalized spacial score (nSPS) is 30.1. The first kappa shape index (κ1) is 26.5. The predicted octanol–water partition coefficient (Wildman–Crippen LogP) is 6.92. The first-order valence-corrected chi connectivity index (χ1v) is 12.4. The Hall–Kier alpha value is -1.79. The molecule has 0 bridgehead atoms. The number of esters is 1. The Morgan fingerprint density at radius 2 is 1.91 bits per heavy atom. The summed E-state index contributed by atoms with van der Waals surface area (Å²) in [6.07, 6.45) is 18.7. The van der Waals surface area contributed by atoms with Crippen LogP contribution in [0.4, 0.5) is 0 Å². The zero-order chi connectivity index (χ0) is 23.8. The molecule has 3 heteroatoms. The Kier molecular flexibility index (Phi) is 9.83. The maximum absolute atomic E-state index is 9.77. The number of carbonyl (C=O) groups excluding carboxylic acids is 1. The van der Waals surface area contributed by atoms with Crippen LogP contribution in [-0.2, 0) is 9.53 Å². The SMILES string of the molecule is C=C1CCCC/C1=C/C=C1\CCCC2(C)C(CCC#CC(C)(C)O)CCC12.COC(C)=O. The molecule has 0 amide bonds. The first-order chi connectivity index (χ1) is 15.1. The zero-order valence-corrected chi connectivity index (χ0v) is 21.1. The Labute approximate surface area is 196 Å². The predicted molar refractivity (Wildman–Crippen MR) is 133 cm³/mol. The Bertz CT molecular complexity index is 783. The number of hydrogen-bond donors (Lipinski definition) is 1. The van der Waals surface area contributed by atoms with E-state index in [1.807, 2.05) is 0 Å². The fraction of sp³-hybridized carbons (Fsp3) is 0.690. The highest BCUT2D eigenvalue weighted by Crippen LogP contribution is 2.58. The second kappa shape index (κ2) is 11.9. The summed E-state index contributed by atoms with van der Waals surface area (Å²) >= 11 is 0. The van der Waals surface area contributed by atoms with Crippen LogP contribution in [0, 0.1) is 29.1 Å². The fourth-order valence-corrected chi connectivity index (χ4v) is 5.75. The van der Waals surface area contributed by atoms with Crippen molar-refractivity contribution < 1.29 is 14.6 Å². The molecule has 0 aromatic rings. The molecule has 3 aliphatic carbocycles. The molecule has 0 aromatic heterocycles. The van der Waals surface area contributed by atoms with E-state index in [0.29, 0.717) is 5.41 Å². The Balaban J connectivity index is 0.000000654. The van der Waals surface area contributed by atoms with Crippen LogP contribution in [0.1, 0.15) is 98.3 Å².